The van der Waals surface area contributed by atoms with Gasteiger partial charge in [-0.2, -0.15) is 11.8 Å². The van der Waals surface area contributed by atoms with Gasteiger partial charge in [-0.15, -0.1) is 0 Å². The maximum atomic E-state index is 13.2. The number of hydrogen-bond acceptors (Lipinski definition) is 5. The van der Waals surface area contributed by atoms with E-state index in [2.05, 4.69) is 10.6 Å². The van der Waals surface area contributed by atoms with E-state index in [-0.39, 0.29) is 23.3 Å². The lowest BCUT2D eigenvalue weighted by Gasteiger charge is -2.34. The van der Waals surface area contributed by atoms with Crippen LogP contribution in [-0.2, 0) is 14.4 Å². The highest BCUT2D eigenvalue weighted by atomic mass is 32.2. The second-order valence-electron chi connectivity index (χ2n) is 7.51. The first-order valence-electron chi connectivity index (χ1n) is 9.42. The maximum Gasteiger partial charge on any atom is 0.245 e. The zero-order chi connectivity index (χ0) is 19.3. The summed E-state index contributed by atoms with van der Waals surface area (Å²) in [7, 11) is 1.70. The molecule has 1 saturated carbocycles. The van der Waals surface area contributed by atoms with E-state index in [0.717, 1.165) is 37.9 Å². The average Bonchev–Trinajstić information content (AvgIpc) is 3.24. The predicted octanol–water partition coefficient (Wildman–Crippen LogP) is 0.479. The minimum atomic E-state index is -0.621. The number of likely N-dealkylation sites (tertiary alicyclic amines) is 1. The molecule has 1 spiro atoms. The Balaban J connectivity index is 2.17. The number of rotatable bonds is 8. The van der Waals surface area contributed by atoms with Crippen molar-refractivity contribution < 1.29 is 14.4 Å². The summed E-state index contributed by atoms with van der Waals surface area (Å²) < 4.78 is 0. The normalized spacial score (nSPS) is 23.8. The molecule has 1 aliphatic heterocycles. The molecule has 2 aliphatic rings. The minimum Gasteiger partial charge on any atom is -0.368 e. The Labute approximate surface area is 160 Å². The van der Waals surface area contributed by atoms with E-state index in [4.69, 9.17) is 5.73 Å². The van der Waals surface area contributed by atoms with Gasteiger partial charge in [0.05, 0.1) is 6.04 Å². The fourth-order valence-corrected chi connectivity index (χ4v) is 4.83. The number of hydrogen-bond donors (Lipinski definition) is 3. The third-order valence-electron chi connectivity index (χ3n) is 5.95. The van der Waals surface area contributed by atoms with Crippen LogP contribution in [0.25, 0.3) is 0 Å². The smallest absolute Gasteiger partial charge is 0.245 e. The second kappa shape index (κ2) is 9.08. The molecule has 7 nitrogen and oxygen atoms in total. The molecular weight excluding hydrogens is 352 g/mol. The van der Waals surface area contributed by atoms with Gasteiger partial charge in [0.25, 0.3) is 0 Å². The zero-order valence-corrected chi connectivity index (χ0v) is 16.9. The molecule has 8 heteroatoms. The Morgan fingerprint density at radius 3 is 2.46 bits per heavy atom. The summed E-state index contributed by atoms with van der Waals surface area (Å²) in [6.45, 7) is 2.29. The van der Waals surface area contributed by atoms with Gasteiger partial charge < -0.3 is 21.3 Å². The first kappa shape index (κ1) is 21.0. The van der Waals surface area contributed by atoms with Crippen LogP contribution in [0.5, 0.6) is 0 Å². The standard InChI is InChI=1S/C18H32N4O3S/c1-12(20-2)16(24)21-13(6-11-26-3)17(25)22-10-9-18(7-4-5-8-18)14(22)15(19)23/h12-14,20H,4-11H2,1-3H3,(H2,19,23)(H,21,24)/t12-,13?,14+/m0/s1. The van der Waals surface area contributed by atoms with Crippen LogP contribution in [0.2, 0.25) is 0 Å². The predicted molar refractivity (Wildman–Crippen MR) is 104 cm³/mol. The van der Waals surface area contributed by atoms with Gasteiger partial charge in [-0.1, -0.05) is 12.8 Å². The van der Waals surface area contributed by atoms with Crippen molar-refractivity contribution in [3.05, 3.63) is 0 Å². The van der Waals surface area contributed by atoms with Crippen LogP contribution in [0.1, 0.15) is 45.4 Å². The summed E-state index contributed by atoms with van der Waals surface area (Å²) >= 11 is 1.63. The average molecular weight is 385 g/mol. The monoisotopic (exact) mass is 384 g/mol. The van der Waals surface area contributed by atoms with E-state index in [1.165, 1.54) is 0 Å². The number of nitrogens with two attached hydrogens (primary N) is 1. The minimum absolute atomic E-state index is 0.159. The van der Waals surface area contributed by atoms with Crippen molar-refractivity contribution >= 4 is 29.5 Å². The highest BCUT2D eigenvalue weighted by Gasteiger charge is 2.53. The fourth-order valence-electron chi connectivity index (χ4n) is 4.36. The third-order valence-corrected chi connectivity index (χ3v) is 6.59. The summed E-state index contributed by atoms with van der Waals surface area (Å²) in [5.74, 6) is -0.0536. The Bertz CT molecular complexity index is 537. The zero-order valence-electron chi connectivity index (χ0n) is 16.0. The van der Waals surface area contributed by atoms with Crippen LogP contribution in [0.3, 0.4) is 0 Å². The van der Waals surface area contributed by atoms with Crippen LogP contribution in [-0.4, -0.2) is 66.3 Å². The maximum absolute atomic E-state index is 13.2. The van der Waals surface area contributed by atoms with E-state index in [1.54, 1.807) is 30.6 Å². The quantitative estimate of drug-likeness (QED) is 0.565. The number of primary amides is 1. The molecule has 2 rings (SSSR count). The molecule has 1 heterocycles. The molecular formula is C18H32N4O3S. The van der Waals surface area contributed by atoms with E-state index >= 15 is 0 Å². The number of likely N-dealkylation sites (N-methyl/N-ethyl adjacent to an activating group) is 1. The summed E-state index contributed by atoms with van der Waals surface area (Å²) in [6.07, 6.45) is 7.39. The third kappa shape index (κ3) is 4.34. The van der Waals surface area contributed by atoms with Crippen LogP contribution in [0, 0.1) is 5.41 Å². The molecule has 0 aromatic heterocycles. The summed E-state index contributed by atoms with van der Waals surface area (Å²) in [4.78, 5) is 39.4. The SMILES string of the molecule is CN[C@@H](C)C(=O)NC(CCSC)C(=O)N1CCC2(CCCC2)[C@H]1C(N)=O. The Hall–Kier alpha value is -1.28. The summed E-state index contributed by atoms with van der Waals surface area (Å²) in [6, 6.07) is -1.55. The van der Waals surface area contributed by atoms with Crippen LogP contribution < -0.4 is 16.4 Å². The molecule has 0 aromatic rings. The largest absolute Gasteiger partial charge is 0.368 e. The molecule has 1 aliphatic carbocycles. The van der Waals surface area contributed by atoms with Crippen molar-refractivity contribution in [3.63, 3.8) is 0 Å². The van der Waals surface area contributed by atoms with Crippen molar-refractivity contribution in [1.82, 2.24) is 15.5 Å². The van der Waals surface area contributed by atoms with Crippen molar-refractivity contribution in [2.75, 3.05) is 25.6 Å². The lowest BCUT2D eigenvalue weighted by molar-refractivity contribution is -0.142. The van der Waals surface area contributed by atoms with Crippen LogP contribution in [0.15, 0.2) is 0 Å². The van der Waals surface area contributed by atoms with Gasteiger partial charge in [0, 0.05) is 12.0 Å². The van der Waals surface area contributed by atoms with Gasteiger partial charge in [0.2, 0.25) is 17.7 Å². The molecule has 3 amide bonds. The second-order valence-corrected chi connectivity index (χ2v) is 8.49. The molecule has 26 heavy (non-hydrogen) atoms. The molecule has 3 atom stereocenters. The number of nitrogens with one attached hydrogen (secondary N) is 2. The fraction of sp³-hybridized carbons (Fsp3) is 0.833. The number of carbonyl (C=O) groups excluding carboxylic acids is 3. The number of nitrogens with zero attached hydrogens (tertiary/aromatic N) is 1. The van der Waals surface area contributed by atoms with E-state index < -0.39 is 18.0 Å². The number of amides is 3. The summed E-state index contributed by atoms with van der Waals surface area (Å²) in [5.41, 5.74) is 5.56. The molecule has 4 N–H and O–H groups in total. The molecule has 0 radical (unpaired) electrons. The van der Waals surface area contributed by atoms with Gasteiger partial charge in [-0.3, -0.25) is 14.4 Å². The molecule has 0 aromatic carbocycles. The van der Waals surface area contributed by atoms with E-state index in [1.807, 2.05) is 6.26 Å². The van der Waals surface area contributed by atoms with Gasteiger partial charge in [0.15, 0.2) is 0 Å². The van der Waals surface area contributed by atoms with Crippen molar-refractivity contribution in [1.29, 1.82) is 0 Å². The lowest BCUT2D eigenvalue weighted by Crippen LogP contribution is -2.57. The van der Waals surface area contributed by atoms with Crippen LogP contribution in [0.4, 0.5) is 0 Å². The molecule has 1 saturated heterocycles. The van der Waals surface area contributed by atoms with Gasteiger partial charge in [-0.25, -0.2) is 0 Å². The molecule has 1 unspecified atom stereocenters. The first-order chi connectivity index (χ1) is 12.4. The molecule has 148 valence electrons. The van der Waals surface area contributed by atoms with Gasteiger partial charge in [-0.05, 0) is 51.7 Å². The van der Waals surface area contributed by atoms with Crippen LogP contribution >= 0.6 is 11.8 Å². The van der Waals surface area contributed by atoms with Crippen molar-refractivity contribution in [2.24, 2.45) is 11.1 Å². The van der Waals surface area contributed by atoms with E-state index in [9.17, 15) is 14.4 Å². The van der Waals surface area contributed by atoms with Crippen molar-refractivity contribution in [2.45, 2.75) is 63.6 Å². The molecule has 0 bridgehead atoms. The van der Waals surface area contributed by atoms with Gasteiger partial charge >= 0.3 is 0 Å². The number of thioether (sulfide) groups is 1. The topological polar surface area (TPSA) is 105 Å². The Morgan fingerprint density at radius 1 is 1.27 bits per heavy atom. The Kier molecular flexibility index (Phi) is 7.34. The van der Waals surface area contributed by atoms with E-state index in [0.29, 0.717) is 13.0 Å². The highest BCUT2D eigenvalue weighted by molar-refractivity contribution is 7.98. The summed E-state index contributed by atoms with van der Waals surface area (Å²) in [5, 5.41) is 5.74. The first-order valence-corrected chi connectivity index (χ1v) is 10.8. The highest BCUT2D eigenvalue weighted by Crippen LogP contribution is 2.49. The Morgan fingerprint density at radius 2 is 1.92 bits per heavy atom. The number of carbonyl (C=O) groups is 3. The van der Waals surface area contributed by atoms with Crippen molar-refractivity contribution in [3.8, 4) is 0 Å². The lowest BCUT2D eigenvalue weighted by atomic mass is 9.78. The van der Waals surface area contributed by atoms with Gasteiger partial charge in [0.1, 0.15) is 12.1 Å². The molecule has 2 fully saturated rings.